The van der Waals surface area contributed by atoms with Gasteiger partial charge in [-0.25, -0.2) is 4.68 Å². The van der Waals surface area contributed by atoms with Crippen LogP contribution in [0.25, 0.3) is 5.69 Å². The molecule has 1 aromatic heterocycles. The normalized spacial score (nSPS) is 10.5. The number of hydrogen-bond acceptors (Lipinski definition) is 4. The largest absolute Gasteiger partial charge is 0.497 e. The summed E-state index contributed by atoms with van der Waals surface area (Å²) in [6.45, 7) is 0.267. The number of nitrogens with one attached hydrogen (secondary N) is 1. The van der Waals surface area contributed by atoms with E-state index in [1.165, 1.54) is 19.2 Å². The van der Waals surface area contributed by atoms with Gasteiger partial charge in [-0.2, -0.15) is 5.10 Å². The zero-order chi connectivity index (χ0) is 19.4. The fourth-order valence-corrected chi connectivity index (χ4v) is 3.13. The van der Waals surface area contributed by atoms with Crippen molar-refractivity contribution in [1.29, 1.82) is 0 Å². The van der Waals surface area contributed by atoms with E-state index in [0.717, 1.165) is 11.4 Å². The smallest absolute Gasteiger partial charge is 0.251 e. The summed E-state index contributed by atoms with van der Waals surface area (Å²) in [5.41, 5.74) is 1.95. The molecule has 0 fully saturated rings. The van der Waals surface area contributed by atoms with Crippen LogP contribution in [0.4, 0.5) is 0 Å². The maximum Gasteiger partial charge on any atom is 0.251 e. The highest BCUT2D eigenvalue weighted by Crippen LogP contribution is 2.33. The van der Waals surface area contributed by atoms with E-state index in [0.29, 0.717) is 17.0 Å². The minimum Gasteiger partial charge on any atom is -0.497 e. The second-order valence-electron chi connectivity index (χ2n) is 5.61. The van der Waals surface area contributed by atoms with E-state index in [4.69, 9.17) is 32.7 Å². The lowest BCUT2D eigenvalue weighted by molar-refractivity contribution is 0.0950. The molecule has 0 saturated carbocycles. The van der Waals surface area contributed by atoms with E-state index in [2.05, 4.69) is 10.4 Å². The minimum atomic E-state index is -0.305. The molecule has 0 saturated heterocycles. The van der Waals surface area contributed by atoms with Crippen LogP contribution in [0, 0.1) is 0 Å². The van der Waals surface area contributed by atoms with E-state index >= 15 is 0 Å². The fourth-order valence-electron chi connectivity index (χ4n) is 2.49. The molecule has 0 aliphatic carbocycles. The molecule has 1 heterocycles. The molecule has 0 bridgehead atoms. The molecular weight excluding hydrogens is 389 g/mol. The third-order valence-corrected chi connectivity index (χ3v) is 4.44. The van der Waals surface area contributed by atoms with Gasteiger partial charge >= 0.3 is 0 Å². The molecule has 8 heteroatoms. The number of carbonyl (C=O) groups is 1. The van der Waals surface area contributed by atoms with Crippen molar-refractivity contribution in [2.45, 2.75) is 6.54 Å². The Morgan fingerprint density at radius 3 is 2.33 bits per heavy atom. The minimum absolute atomic E-state index is 0.267. The highest BCUT2D eigenvalue weighted by atomic mass is 35.5. The molecule has 0 radical (unpaired) electrons. The summed E-state index contributed by atoms with van der Waals surface area (Å²) in [6, 6.07) is 12.4. The van der Waals surface area contributed by atoms with Crippen molar-refractivity contribution in [3.8, 4) is 17.2 Å². The van der Waals surface area contributed by atoms with E-state index in [-0.39, 0.29) is 22.5 Å². The van der Waals surface area contributed by atoms with Gasteiger partial charge in [0.2, 0.25) is 0 Å². The monoisotopic (exact) mass is 405 g/mol. The Hall–Kier alpha value is -2.70. The molecule has 0 unspecified atom stereocenters. The lowest BCUT2D eigenvalue weighted by Gasteiger charge is -2.09. The number of aromatic nitrogens is 2. The Morgan fingerprint density at radius 1 is 1.07 bits per heavy atom. The molecule has 0 atom stereocenters. The molecule has 1 amide bonds. The molecule has 3 aromatic rings. The number of ether oxygens (including phenoxy) is 2. The van der Waals surface area contributed by atoms with Crippen molar-refractivity contribution in [3.63, 3.8) is 0 Å². The van der Waals surface area contributed by atoms with Crippen LogP contribution in [-0.2, 0) is 6.54 Å². The number of carbonyl (C=O) groups excluding carboxylic acids is 1. The number of benzene rings is 2. The standard InChI is InChI=1S/C19H17Cl2N3O3/c1-26-15-5-3-14(4-6-15)24-8-7-13(23-24)11-22-19(25)12-9-16(20)18(27-2)17(21)10-12/h3-10H,11H2,1-2H3,(H,22,25). The molecular formula is C19H17Cl2N3O3. The average Bonchev–Trinajstić information content (AvgIpc) is 3.15. The highest BCUT2D eigenvalue weighted by Gasteiger charge is 2.14. The maximum atomic E-state index is 12.4. The van der Waals surface area contributed by atoms with Crippen LogP contribution in [0.1, 0.15) is 16.1 Å². The molecule has 6 nitrogen and oxygen atoms in total. The van der Waals surface area contributed by atoms with Crippen molar-refractivity contribution in [1.82, 2.24) is 15.1 Å². The van der Waals surface area contributed by atoms with Gasteiger partial charge in [0.25, 0.3) is 5.91 Å². The van der Waals surface area contributed by atoms with E-state index < -0.39 is 0 Å². The van der Waals surface area contributed by atoms with Crippen molar-refractivity contribution >= 4 is 29.1 Å². The van der Waals surface area contributed by atoms with Crippen LogP contribution in [0.3, 0.4) is 0 Å². The lowest BCUT2D eigenvalue weighted by Crippen LogP contribution is -2.23. The van der Waals surface area contributed by atoms with Crippen LogP contribution in [0.5, 0.6) is 11.5 Å². The number of amides is 1. The van der Waals surface area contributed by atoms with E-state index in [1.807, 2.05) is 36.5 Å². The quantitative estimate of drug-likeness (QED) is 0.669. The molecule has 27 heavy (non-hydrogen) atoms. The number of halogens is 2. The summed E-state index contributed by atoms with van der Waals surface area (Å²) in [6.07, 6.45) is 1.82. The first-order valence-electron chi connectivity index (χ1n) is 8.02. The lowest BCUT2D eigenvalue weighted by atomic mass is 10.2. The summed E-state index contributed by atoms with van der Waals surface area (Å²) in [5, 5.41) is 7.80. The van der Waals surface area contributed by atoms with Crippen LogP contribution < -0.4 is 14.8 Å². The average molecular weight is 406 g/mol. The predicted molar refractivity (Wildman–Crippen MR) is 104 cm³/mol. The van der Waals surface area contributed by atoms with Gasteiger partial charge in [-0.3, -0.25) is 4.79 Å². The summed E-state index contributed by atoms with van der Waals surface area (Å²) < 4.78 is 12.0. The first-order valence-corrected chi connectivity index (χ1v) is 8.77. The molecule has 0 spiro atoms. The van der Waals surface area contributed by atoms with Gasteiger partial charge < -0.3 is 14.8 Å². The van der Waals surface area contributed by atoms with Crippen molar-refractivity contribution in [2.75, 3.05) is 14.2 Å². The van der Waals surface area contributed by atoms with Crippen LogP contribution in [0.15, 0.2) is 48.7 Å². The molecule has 2 aromatic carbocycles. The molecule has 1 N–H and O–H groups in total. The third kappa shape index (κ3) is 4.35. The van der Waals surface area contributed by atoms with E-state index in [9.17, 15) is 4.79 Å². The summed E-state index contributed by atoms with van der Waals surface area (Å²) >= 11 is 12.1. The Labute approximate surface area is 166 Å². The Bertz CT molecular complexity index is 932. The van der Waals surface area contributed by atoms with Crippen LogP contribution >= 0.6 is 23.2 Å². The first-order chi connectivity index (χ1) is 13.0. The van der Waals surface area contributed by atoms with Crippen molar-refractivity contribution in [2.24, 2.45) is 0 Å². The maximum absolute atomic E-state index is 12.4. The van der Waals surface area contributed by atoms with Crippen molar-refractivity contribution in [3.05, 3.63) is 70.0 Å². The van der Waals surface area contributed by atoms with Gasteiger partial charge in [-0.15, -0.1) is 0 Å². The van der Waals surface area contributed by atoms with Gasteiger partial charge in [-0.05, 0) is 42.5 Å². The number of methoxy groups -OCH3 is 2. The number of hydrogen-bond donors (Lipinski definition) is 1. The second-order valence-corrected chi connectivity index (χ2v) is 6.42. The van der Waals surface area contributed by atoms with Crippen molar-refractivity contribution < 1.29 is 14.3 Å². The van der Waals surface area contributed by atoms with Gasteiger partial charge in [0.05, 0.1) is 42.2 Å². The molecule has 0 aliphatic rings. The zero-order valence-electron chi connectivity index (χ0n) is 14.7. The zero-order valence-corrected chi connectivity index (χ0v) is 16.2. The molecule has 140 valence electrons. The Balaban J connectivity index is 1.67. The summed E-state index contributed by atoms with van der Waals surface area (Å²) in [4.78, 5) is 12.4. The first kappa shape index (κ1) is 19.1. The van der Waals surface area contributed by atoms with Gasteiger partial charge in [0.1, 0.15) is 5.75 Å². The van der Waals surface area contributed by atoms with Gasteiger partial charge in [0.15, 0.2) is 5.75 Å². The third-order valence-electron chi connectivity index (χ3n) is 3.88. The van der Waals surface area contributed by atoms with Crippen LogP contribution in [-0.4, -0.2) is 29.9 Å². The summed E-state index contributed by atoms with van der Waals surface area (Å²) in [7, 11) is 3.08. The van der Waals surface area contributed by atoms with E-state index in [1.54, 1.807) is 11.8 Å². The molecule has 3 rings (SSSR count). The Kier molecular flexibility index (Phi) is 5.88. The topological polar surface area (TPSA) is 65.4 Å². The summed E-state index contributed by atoms with van der Waals surface area (Å²) in [5.74, 6) is 0.809. The van der Waals surface area contributed by atoms with Crippen LogP contribution in [0.2, 0.25) is 10.0 Å². The molecule has 0 aliphatic heterocycles. The highest BCUT2D eigenvalue weighted by molar-refractivity contribution is 6.37. The second kappa shape index (κ2) is 8.33. The van der Waals surface area contributed by atoms with Gasteiger partial charge in [-0.1, -0.05) is 23.2 Å². The number of nitrogens with zero attached hydrogens (tertiary/aromatic N) is 2. The Morgan fingerprint density at radius 2 is 1.74 bits per heavy atom. The SMILES string of the molecule is COc1ccc(-n2ccc(CNC(=O)c3cc(Cl)c(OC)c(Cl)c3)n2)cc1. The fraction of sp³-hybridized carbons (Fsp3) is 0.158. The van der Waals surface area contributed by atoms with Gasteiger partial charge in [0, 0.05) is 11.8 Å². The number of rotatable bonds is 6. The predicted octanol–water partition coefficient (Wildman–Crippen LogP) is 4.13.